The molecule has 150 valence electrons. The summed E-state index contributed by atoms with van der Waals surface area (Å²) in [5, 5.41) is 7.34. The van der Waals surface area contributed by atoms with Gasteiger partial charge >= 0.3 is 0 Å². The number of nitrogens with zero attached hydrogens (tertiary/aromatic N) is 4. The van der Waals surface area contributed by atoms with Gasteiger partial charge in [-0.2, -0.15) is 5.10 Å². The Morgan fingerprint density at radius 3 is 2.86 bits per heavy atom. The van der Waals surface area contributed by atoms with E-state index in [0.29, 0.717) is 44.9 Å². The van der Waals surface area contributed by atoms with Crippen LogP contribution in [-0.2, 0) is 11.2 Å². The van der Waals surface area contributed by atoms with Crippen LogP contribution in [0.5, 0.6) is 5.75 Å². The summed E-state index contributed by atoms with van der Waals surface area (Å²) in [4.78, 5) is 21.6. The maximum absolute atomic E-state index is 13.1. The Bertz CT molecular complexity index is 844. The first kappa shape index (κ1) is 18.7. The van der Waals surface area contributed by atoms with Crippen molar-refractivity contribution in [3.05, 3.63) is 35.3 Å². The van der Waals surface area contributed by atoms with Crippen molar-refractivity contribution in [2.24, 2.45) is 0 Å². The number of H-pyrrole nitrogens is 1. The third kappa shape index (κ3) is 3.44. The predicted octanol–water partition coefficient (Wildman–Crippen LogP) is 2.19. The van der Waals surface area contributed by atoms with Gasteiger partial charge in [-0.3, -0.25) is 9.89 Å². The van der Waals surface area contributed by atoms with Crippen molar-refractivity contribution in [2.45, 2.75) is 39.4 Å². The fourth-order valence-electron chi connectivity index (χ4n) is 4.01. The Hall–Kier alpha value is -2.61. The molecule has 0 aliphatic carbocycles. The summed E-state index contributed by atoms with van der Waals surface area (Å²) in [6, 6.07) is 3.81. The highest BCUT2D eigenvalue weighted by Gasteiger charge is 2.32. The molecule has 0 saturated carbocycles. The topological polar surface area (TPSA) is 83.6 Å². The lowest BCUT2D eigenvalue weighted by Gasteiger charge is -2.36. The predicted molar refractivity (Wildman–Crippen MR) is 105 cm³/mol. The third-order valence-corrected chi connectivity index (χ3v) is 5.35. The van der Waals surface area contributed by atoms with Crippen LogP contribution >= 0.6 is 0 Å². The van der Waals surface area contributed by atoms with E-state index >= 15 is 0 Å². The molecule has 2 aliphatic rings. The summed E-state index contributed by atoms with van der Waals surface area (Å²) in [7, 11) is 0. The van der Waals surface area contributed by atoms with E-state index in [1.54, 1.807) is 6.20 Å². The number of ether oxygens (including phenoxy) is 2. The van der Waals surface area contributed by atoms with Gasteiger partial charge in [0.15, 0.2) is 17.3 Å². The molecule has 1 N–H and O–H groups in total. The third-order valence-electron chi connectivity index (χ3n) is 5.35. The maximum atomic E-state index is 13.1. The number of aromatic nitrogens is 3. The summed E-state index contributed by atoms with van der Waals surface area (Å²) < 4.78 is 11.5. The molecule has 2 atom stereocenters. The molecular weight excluding hydrogens is 358 g/mol. The molecule has 2 aromatic heterocycles. The molecular formula is C20H27N5O3. The number of amides is 1. The lowest BCUT2D eigenvalue weighted by Crippen LogP contribution is -2.49. The summed E-state index contributed by atoms with van der Waals surface area (Å²) in [5.41, 5.74) is 2.47. The zero-order chi connectivity index (χ0) is 19.7. The minimum atomic E-state index is -0.0641. The first-order valence-electron chi connectivity index (χ1n) is 9.93. The molecule has 0 spiro atoms. The molecule has 8 nitrogen and oxygen atoms in total. The van der Waals surface area contributed by atoms with Crippen molar-refractivity contribution >= 4 is 11.7 Å². The zero-order valence-electron chi connectivity index (χ0n) is 16.6. The van der Waals surface area contributed by atoms with Crippen molar-refractivity contribution in [2.75, 3.05) is 37.7 Å². The van der Waals surface area contributed by atoms with Crippen LogP contribution in [0.3, 0.4) is 0 Å². The molecule has 0 bridgehead atoms. The zero-order valence-corrected chi connectivity index (χ0v) is 16.6. The smallest absolute Gasteiger partial charge is 0.274 e. The highest BCUT2D eigenvalue weighted by molar-refractivity contribution is 5.94. The van der Waals surface area contributed by atoms with E-state index in [2.05, 4.69) is 20.1 Å². The van der Waals surface area contributed by atoms with Gasteiger partial charge in [0.25, 0.3) is 5.91 Å². The molecule has 1 fully saturated rings. The van der Waals surface area contributed by atoms with Crippen LogP contribution in [0.25, 0.3) is 0 Å². The van der Waals surface area contributed by atoms with E-state index in [4.69, 9.17) is 9.47 Å². The van der Waals surface area contributed by atoms with E-state index in [1.165, 1.54) is 0 Å². The molecule has 4 heterocycles. The minimum Gasteiger partial charge on any atom is -0.490 e. The molecule has 2 aromatic rings. The molecule has 28 heavy (non-hydrogen) atoms. The largest absolute Gasteiger partial charge is 0.490 e. The average Bonchev–Trinajstić information content (AvgIpc) is 3.12. The molecule has 1 saturated heterocycles. The molecule has 4 rings (SSSR count). The van der Waals surface area contributed by atoms with E-state index in [9.17, 15) is 4.79 Å². The van der Waals surface area contributed by atoms with Gasteiger partial charge in [-0.1, -0.05) is 0 Å². The molecule has 1 amide bonds. The Morgan fingerprint density at radius 1 is 1.32 bits per heavy atom. The molecule has 0 unspecified atom stereocenters. The summed E-state index contributed by atoms with van der Waals surface area (Å²) >= 11 is 0. The van der Waals surface area contributed by atoms with E-state index < -0.39 is 0 Å². The average molecular weight is 385 g/mol. The number of nitrogens with one attached hydrogen (secondary N) is 1. The van der Waals surface area contributed by atoms with Crippen LogP contribution in [-0.4, -0.2) is 64.9 Å². The summed E-state index contributed by atoms with van der Waals surface area (Å²) in [6.45, 7) is 9.27. The van der Waals surface area contributed by atoms with Gasteiger partial charge in [0.1, 0.15) is 0 Å². The fraction of sp³-hybridized carbons (Fsp3) is 0.550. The van der Waals surface area contributed by atoms with Crippen LogP contribution in [0, 0.1) is 0 Å². The number of fused-ring (bicyclic) bond motifs is 1. The fourth-order valence-corrected chi connectivity index (χ4v) is 4.01. The number of piperazine rings is 1. The maximum Gasteiger partial charge on any atom is 0.274 e. The number of hydrogen-bond donors (Lipinski definition) is 1. The van der Waals surface area contributed by atoms with E-state index in [1.807, 2.05) is 37.8 Å². The van der Waals surface area contributed by atoms with Gasteiger partial charge < -0.3 is 19.3 Å². The number of aromatic amines is 1. The number of carbonyl (C=O) groups is 1. The van der Waals surface area contributed by atoms with Crippen molar-refractivity contribution < 1.29 is 14.3 Å². The molecule has 0 aromatic carbocycles. The summed E-state index contributed by atoms with van der Waals surface area (Å²) in [6.07, 6.45) is 2.51. The van der Waals surface area contributed by atoms with Gasteiger partial charge in [-0.05, 0) is 32.9 Å². The van der Waals surface area contributed by atoms with Gasteiger partial charge in [0, 0.05) is 44.4 Å². The van der Waals surface area contributed by atoms with E-state index in [0.717, 1.165) is 22.8 Å². The second kappa shape index (κ2) is 7.79. The van der Waals surface area contributed by atoms with Crippen molar-refractivity contribution in [3.63, 3.8) is 0 Å². The highest BCUT2D eigenvalue weighted by Crippen LogP contribution is 2.31. The molecule has 2 aliphatic heterocycles. The van der Waals surface area contributed by atoms with Gasteiger partial charge in [-0.15, -0.1) is 0 Å². The Morgan fingerprint density at radius 2 is 2.11 bits per heavy atom. The van der Waals surface area contributed by atoms with Crippen LogP contribution in [0.2, 0.25) is 0 Å². The van der Waals surface area contributed by atoms with E-state index in [-0.39, 0.29) is 18.1 Å². The first-order valence-corrected chi connectivity index (χ1v) is 9.93. The lowest BCUT2D eigenvalue weighted by molar-refractivity contribution is -0.00702. The van der Waals surface area contributed by atoms with Crippen LogP contribution in [0.4, 0.5) is 5.82 Å². The lowest BCUT2D eigenvalue weighted by atomic mass is 9.99. The standard InChI is InChI=1S/C20H27N5O3/c1-4-27-16-6-5-7-21-19(16)24-8-10-25(11-9-24)20(26)18-15-12-13(2)28-14(3)17(15)22-23-18/h5-7,13-14H,4,8-12H2,1-3H3,(H,22,23)/t13-,14+/m0/s1. The van der Waals surface area contributed by atoms with Crippen LogP contribution in [0.15, 0.2) is 18.3 Å². The highest BCUT2D eigenvalue weighted by atomic mass is 16.5. The Balaban J connectivity index is 1.46. The first-order chi connectivity index (χ1) is 13.6. The number of anilines is 1. The minimum absolute atomic E-state index is 0.00972. The number of rotatable bonds is 4. The monoisotopic (exact) mass is 385 g/mol. The number of hydrogen-bond acceptors (Lipinski definition) is 6. The molecule has 0 radical (unpaired) electrons. The van der Waals surface area contributed by atoms with Crippen molar-refractivity contribution in [3.8, 4) is 5.75 Å². The quantitative estimate of drug-likeness (QED) is 0.869. The van der Waals surface area contributed by atoms with Crippen molar-refractivity contribution in [1.29, 1.82) is 0 Å². The van der Waals surface area contributed by atoms with Gasteiger partial charge in [0.2, 0.25) is 0 Å². The number of pyridine rings is 1. The van der Waals surface area contributed by atoms with Crippen molar-refractivity contribution in [1.82, 2.24) is 20.1 Å². The second-order valence-corrected chi connectivity index (χ2v) is 7.29. The SMILES string of the molecule is CCOc1cccnc1N1CCN(C(=O)c2n[nH]c3c2C[C@H](C)O[C@@H]3C)CC1. The van der Waals surface area contributed by atoms with Gasteiger partial charge in [0.05, 0.1) is 24.5 Å². The Labute approximate surface area is 164 Å². The van der Waals surface area contributed by atoms with Crippen LogP contribution < -0.4 is 9.64 Å². The van der Waals surface area contributed by atoms with Gasteiger partial charge in [-0.25, -0.2) is 4.98 Å². The number of carbonyl (C=O) groups excluding carboxylic acids is 1. The molecule has 8 heteroatoms. The Kier molecular flexibility index (Phi) is 5.21. The van der Waals surface area contributed by atoms with Crippen LogP contribution in [0.1, 0.15) is 48.6 Å². The normalized spacial score (nSPS) is 22.1. The summed E-state index contributed by atoms with van der Waals surface area (Å²) in [5.74, 6) is 1.62. The second-order valence-electron chi connectivity index (χ2n) is 7.29.